The molecule has 0 radical (unpaired) electrons. The molecule has 6 nitrogen and oxygen atoms in total. The monoisotopic (exact) mass is 354 g/mol. The maximum Gasteiger partial charge on any atom is 0.309 e. The van der Waals surface area contributed by atoms with Crippen LogP contribution in [0.4, 0.5) is 0 Å². The Bertz CT molecular complexity index is 795. The number of aryl methyl sites for hydroxylation is 1. The molecule has 0 N–H and O–H groups in total. The molecule has 2 fully saturated rings. The Balaban J connectivity index is 1.35. The van der Waals surface area contributed by atoms with Crippen LogP contribution in [0.5, 0.6) is 0 Å². The van der Waals surface area contributed by atoms with Gasteiger partial charge in [0.1, 0.15) is 5.78 Å². The van der Waals surface area contributed by atoms with E-state index in [1.54, 1.807) is 0 Å². The van der Waals surface area contributed by atoms with Gasteiger partial charge in [-0.15, -0.1) is 0 Å². The fourth-order valence-corrected chi connectivity index (χ4v) is 4.06. The first-order chi connectivity index (χ1) is 12.6. The summed E-state index contributed by atoms with van der Waals surface area (Å²) in [7, 11) is 0. The van der Waals surface area contributed by atoms with Crippen molar-refractivity contribution in [1.29, 1.82) is 0 Å². The van der Waals surface area contributed by atoms with E-state index in [2.05, 4.69) is 10.1 Å². The largest absolute Gasteiger partial charge is 0.455 e. The fourth-order valence-electron chi connectivity index (χ4n) is 4.06. The van der Waals surface area contributed by atoms with E-state index in [1.807, 2.05) is 31.2 Å². The second-order valence-corrected chi connectivity index (χ2v) is 7.38. The SMILES string of the molecule is Cc1ccc(-c2noc(COC(=O)C3C[C@H]4CCC[C@H](C3)C4=O)n2)cc1. The van der Waals surface area contributed by atoms with Crippen molar-refractivity contribution in [3.8, 4) is 11.4 Å². The summed E-state index contributed by atoms with van der Waals surface area (Å²) in [5.41, 5.74) is 2.01. The lowest BCUT2D eigenvalue weighted by Crippen LogP contribution is -2.39. The van der Waals surface area contributed by atoms with Crippen molar-refractivity contribution in [3.05, 3.63) is 35.7 Å². The first kappa shape index (κ1) is 16.9. The lowest BCUT2D eigenvalue weighted by Gasteiger charge is -2.36. The van der Waals surface area contributed by atoms with Crippen LogP contribution in [0.3, 0.4) is 0 Å². The van der Waals surface area contributed by atoms with Gasteiger partial charge in [-0.05, 0) is 32.6 Å². The number of hydrogen-bond acceptors (Lipinski definition) is 6. The van der Waals surface area contributed by atoms with Crippen LogP contribution in [0.2, 0.25) is 0 Å². The summed E-state index contributed by atoms with van der Waals surface area (Å²) < 4.78 is 10.6. The van der Waals surface area contributed by atoms with Gasteiger partial charge in [-0.2, -0.15) is 4.98 Å². The van der Waals surface area contributed by atoms with Crippen molar-refractivity contribution in [2.75, 3.05) is 0 Å². The molecule has 6 heteroatoms. The average molecular weight is 354 g/mol. The molecular weight excluding hydrogens is 332 g/mol. The predicted octanol–water partition coefficient (Wildman–Crippen LogP) is 3.48. The molecule has 1 aromatic carbocycles. The van der Waals surface area contributed by atoms with E-state index in [9.17, 15) is 9.59 Å². The molecule has 2 bridgehead atoms. The van der Waals surface area contributed by atoms with E-state index >= 15 is 0 Å². The van der Waals surface area contributed by atoms with E-state index in [1.165, 1.54) is 0 Å². The van der Waals surface area contributed by atoms with Gasteiger partial charge in [-0.25, -0.2) is 0 Å². The zero-order valence-corrected chi connectivity index (χ0v) is 14.8. The number of carbonyl (C=O) groups excluding carboxylic acids is 2. The number of hydrogen-bond donors (Lipinski definition) is 0. The summed E-state index contributed by atoms with van der Waals surface area (Å²) in [6, 6.07) is 7.81. The first-order valence-electron chi connectivity index (χ1n) is 9.20. The highest BCUT2D eigenvalue weighted by molar-refractivity contribution is 5.87. The predicted molar refractivity (Wildman–Crippen MR) is 92.8 cm³/mol. The Hall–Kier alpha value is -2.50. The molecule has 1 heterocycles. The van der Waals surface area contributed by atoms with Crippen LogP contribution < -0.4 is 0 Å². The summed E-state index contributed by atoms with van der Waals surface area (Å²) in [5, 5.41) is 3.94. The van der Waals surface area contributed by atoms with Crippen LogP contribution in [-0.2, 0) is 20.9 Å². The van der Waals surface area contributed by atoms with Crippen LogP contribution in [0.15, 0.2) is 28.8 Å². The van der Waals surface area contributed by atoms with Crippen LogP contribution in [-0.4, -0.2) is 21.9 Å². The molecule has 136 valence electrons. The van der Waals surface area contributed by atoms with Crippen molar-refractivity contribution in [3.63, 3.8) is 0 Å². The normalized spacial score (nSPS) is 25.1. The fraction of sp³-hybridized carbons (Fsp3) is 0.500. The van der Waals surface area contributed by atoms with Gasteiger partial charge < -0.3 is 9.26 Å². The molecule has 1 aromatic heterocycles. The second kappa shape index (κ2) is 7.02. The van der Waals surface area contributed by atoms with Crippen LogP contribution in [0, 0.1) is 24.7 Å². The van der Waals surface area contributed by atoms with Gasteiger partial charge in [0.05, 0.1) is 5.92 Å². The summed E-state index contributed by atoms with van der Waals surface area (Å²) >= 11 is 0. The third kappa shape index (κ3) is 3.41. The Kier molecular flexibility index (Phi) is 4.57. The highest BCUT2D eigenvalue weighted by atomic mass is 16.6. The Morgan fingerprint density at radius 1 is 1.19 bits per heavy atom. The van der Waals surface area contributed by atoms with Crippen LogP contribution in [0.1, 0.15) is 43.6 Å². The molecule has 0 saturated heterocycles. The highest BCUT2D eigenvalue weighted by Crippen LogP contribution is 2.40. The Morgan fingerprint density at radius 2 is 1.88 bits per heavy atom. The number of aromatic nitrogens is 2. The molecule has 0 amide bonds. The topological polar surface area (TPSA) is 82.3 Å². The molecule has 4 rings (SSSR count). The molecule has 2 atom stereocenters. The first-order valence-corrected chi connectivity index (χ1v) is 9.20. The number of fused-ring (bicyclic) bond motifs is 2. The zero-order valence-electron chi connectivity index (χ0n) is 14.8. The number of nitrogens with zero attached hydrogens (tertiary/aromatic N) is 2. The molecule has 0 aliphatic heterocycles. The summed E-state index contributed by atoms with van der Waals surface area (Å²) in [6.07, 6.45) is 4.14. The average Bonchev–Trinajstić information content (AvgIpc) is 3.09. The van der Waals surface area contributed by atoms with Gasteiger partial charge in [0.15, 0.2) is 6.61 Å². The molecule has 2 saturated carbocycles. The minimum atomic E-state index is -0.260. The molecule has 2 aromatic rings. The quantitative estimate of drug-likeness (QED) is 0.782. The Labute approximate surface area is 151 Å². The maximum absolute atomic E-state index is 12.4. The molecule has 0 unspecified atom stereocenters. The summed E-state index contributed by atoms with van der Waals surface area (Å²) in [6.45, 7) is 1.98. The van der Waals surface area contributed by atoms with Crippen molar-refractivity contribution >= 4 is 11.8 Å². The van der Waals surface area contributed by atoms with Gasteiger partial charge in [0, 0.05) is 17.4 Å². The molecule has 2 aliphatic rings. The molecule has 0 spiro atoms. The number of ether oxygens (including phenoxy) is 1. The molecular formula is C20H22N2O4. The summed E-state index contributed by atoms with van der Waals surface area (Å²) in [4.78, 5) is 28.8. The lowest BCUT2D eigenvalue weighted by molar-refractivity contribution is -0.155. The van der Waals surface area contributed by atoms with Crippen molar-refractivity contribution in [1.82, 2.24) is 10.1 Å². The van der Waals surface area contributed by atoms with Crippen LogP contribution >= 0.6 is 0 Å². The number of carbonyl (C=O) groups is 2. The minimum Gasteiger partial charge on any atom is -0.455 e. The number of esters is 1. The van der Waals surface area contributed by atoms with E-state index in [-0.39, 0.29) is 36.2 Å². The van der Waals surface area contributed by atoms with Gasteiger partial charge >= 0.3 is 5.97 Å². The molecule has 2 aliphatic carbocycles. The number of ketones is 1. The van der Waals surface area contributed by atoms with E-state index in [0.717, 1.165) is 30.4 Å². The van der Waals surface area contributed by atoms with E-state index in [4.69, 9.17) is 9.26 Å². The standard InChI is InChI=1S/C20H22N2O4/c1-12-5-7-13(8-6-12)19-21-17(26-22-19)11-25-20(24)16-9-14-3-2-4-15(10-16)18(14)23/h5-8,14-16H,2-4,9-11H2,1H3/t14-,15-/m1/s1. The van der Waals surface area contributed by atoms with E-state index < -0.39 is 0 Å². The van der Waals surface area contributed by atoms with Gasteiger partial charge in [-0.3, -0.25) is 9.59 Å². The smallest absolute Gasteiger partial charge is 0.309 e. The third-order valence-corrected chi connectivity index (χ3v) is 5.50. The van der Waals surface area contributed by atoms with Gasteiger partial charge in [-0.1, -0.05) is 41.4 Å². The second-order valence-electron chi connectivity index (χ2n) is 7.38. The van der Waals surface area contributed by atoms with Crippen molar-refractivity contribution in [2.45, 2.75) is 45.6 Å². The highest BCUT2D eigenvalue weighted by Gasteiger charge is 2.41. The van der Waals surface area contributed by atoms with Crippen molar-refractivity contribution in [2.24, 2.45) is 17.8 Å². The van der Waals surface area contributed by atoms with Crippen LogP contribution in [0.25, 0.3) is 11.4 Å². The maximum atomic E-state index is 12.4. The van der Waals surface area contributed by atoms with Gasteiger partial charge in [0.25, 0.3) is 5.89 Å². The Morgan fingerprint density at radius 3 is 2.58 bits per heavy atom. The number of Topliss-reactive ketones (excluding diaryl/α,β-unsaturated/α-hetero) is 1. The van der Waals surface area contributed by atoms with Gasteiger partial charge in [0.2, 0.25) is 5.82 Å². The minimum absolute atomic E-state index is 0.0303. The zero-order chi connectivity index (χ0) is 18.1. The van der Waals surface area contributed by atoms with E-state index in [0.29, 0.717) is 24.4 Å². The summed E-state index contributed by atoms with van der Waals surface area (Å²) in [5.74, 6) is 0.731. The molecule has 26 heavy (non-hydrogen) atoms. The van der Waals surface area contributed by atoms with Crippen molar-refractivity contribution < 1.29 is 18.8 Å². The number of benzene rings is 1. The number of rotatable bonds is 4. The third-order valence-electron chi connectivity index (χ3n) is 5.50. The lowest BCUT2D eigenvalue weighted by atomic mass is 9.67.